The maximum atomic E-state index is 3.35. The fourth-order valence-corrected chi connectivity index (χ4v) is 1.45. The first-order valence-electron chi connectivity index (χ1n) is 5.87. The Morgan fingerprint density at radius 3 is 2.60 bits per heavy atom. The lowest BCUT2D eigenvalue weighted by molar-refractivity contribution is 0.728. The van der Waals surface area contributed by atoms with Crippen LogP contribution in [0.25, 0.3) is 0 Å². The van der Waals surface area contributed by atoms with E-state index in [1.165, 1.54) is 31.4 Å². The van der Waals surface area contributed by atoms with E-state index in [2.05, 4.69) is 36.5 Å². The van der Waals surface area contributed by atoms with Crippen LogP contribution in [0.5, 0.6) is 0 Å². The molecule has 0 saturated heterocycles. The third-order valence-electron chi connectivity index (χ3n) is 2.34. The van der Waals surface area contributed by atoms with Crippen molar-refractivity contribution in [2.75, 3.05) is 11.9 Å². The van der Waals surface area contributed by atoms with E-state index < -0.39 is 0 Å². The van der Waals surface area contributed by atoms with E-state index >= 15 is 0 Å². The molecule has 0 aliphatic heterocycles. The molecular weight excluding hydrogens is 182 g/mol. The molecule has 1 aromatic rings. The van der Waals surface area contributed by atoms with Gasteiger partial charge in [0.05, 0.1) is 0 Å². The highest BCUT2D eigenvalue weighted by Crippen LogP contribution is 2.04. The van der Waals surface area contributed by atoms with Crippen LogP contribution in [0.1, 0.15) is 32.6 Å². The second-order valence-electron chi connectivity index (χ2n) is 3.71. The van der Waals surface area contributed by atoms with Crippen LogP contribution in [0.2, 0.25) is 0 Å². The molecule has 0 aromatic heterocycles. The monoisotopic (exact) mass is 203 g/mol. The molecule has 0 atom stereocenters. The van der Waals surface area contributed by atoms with Crippen LogP contribution < -0.4 is 5.32 Å². The highest BCUT2D eigenvalue weighted by molar-refractivity contribution is 5.42. The van der Waals surface area contributed by atoms with Crippen molar-refractivity contribution < 1.29 is 0 Å². The second kappa shape index (κ2) is 8.10. The normalized spacial score (nSPS) is 10.7. The van der Waals surface area contributed by atoms with Gasteiger partial charge in [0.25, 0.3) is 0 Å². The minimum atomic E-state index is 0.927. The van der Waals surface area contributed by atoms with Crippen molar-refractivity contribution in [2.24, 2.45) is 0 Å². The molecule has 82 valence electrons. The number of nitrogens with one attached hydrogen (secondary N) is 1. The van der Waals surface area contributed by atoms with Crippen LogP contribution in [0.4, 0.5) is 5.69 Å². The molecule has 1 nitrogen and oxygen atoms in total. The average molecular weight is 203 g/mol. The smallest absolute Gasteiger partial charge is 0.0342 e. The van der Waals surface area contributed by atoms with E-state index in [0.29, 0.717) is 0 Å². The second-order valence-corrected chi connectivity index (χ2v) is 3.71. The van der Waals surface area contributed by atoms with Crippen LogP contribution in [-0.2, 0) is 0 Å². The molecule has 0 aliphatic rings. The summed E-state index contributed by atoms with van der Waals surface area (Å²) in [7, 11) is 0. The Labute approximate surface area is 93.2 Å². The van der Waals surface area contributed by atoms with Crippen molar-refractivity contribution >= 4 is 5.69 Å². The van der Waals surface area contributed by atoms with Crippen molar-refractivity contribution in [3.63, 3.8) is 0 Å². The molecule has 0 heterocycles. The van der Waals surface area contributed by atoms with Gasteiger partial charge < -0.3 is 5.32 Å². The highest BCUT2D eigenvalue weighted by Gasteiger charge is 1.85. The average Bonchev–Trinajstić information content (AvgIpc) is 2.29. The summed E-state index contributed by atoms with van der Waals surface area (Å²) in [5.74, 6) is 0. The summed E-state index contributed by atoms with van der Waals surface area (Å²) in [6, 6.07) is 10.3. The molecule has 1 N–H and O–H groups in total. The Morgan fingerprint density at radius 2 is 1.87 bits per heavy atom. The molecular formula is C14H21N. The summed E-state index contributed by atoms with van der Waals surface area (Å²) in [6.45, 7) is 3.16. The van der Waals surface area contributed by atoms with Crippen molar-refractivity contribution in [3.05, 3.63) is 42.5 Å². The standard InChI is InChI=1S/C14H21N/c1-2-3-4-5-6-10-13-15-14-11-8-7-9-12-14/h6-12,15H,2-5,13H2,1H3/b10-6+. The van der Waals surface area contributed by atoms with Gasteiger partial charge in [0.2, 0.25) is 0 Å². The summed E-state index contributed by atoms with van der Waals surface area (Å²) in [6.07, 6.45) is 9.66. The van der Waals surface area contributed by atoms with Gasteiger partial charge in [-0.3, -0.25) is 0 Å². The van der Waals surface area contributed by atoms with Gasteiger partial charge in [-0.05, 0) is 25.0 Å². The van der Waals surface area contributed by atoms with Gasteiger partial charge in [0.1, 0.15) is 0 Å². The lowest BCUT2D eigenvalue weighted by Gasteiger charge is -2.01. The minimum absolute atomic E-state index is 0.927. The fraction of sp³-hybridized carbons (Fsp3) is 0.429. The number of allylic oxidation sites excluding steroid dienone is 1. The SMILES string of the molecule is CCCCC/C=C/CNc1ccccc1. The molecule has 1 rings (SSSR count). The molecule has 0 fully saturated rings. The number of para-hydroxylation sites is 1. The third-order valence-corrected chi connectivity index (χ3v) is 2.34. The van der Waals surface area contributed by atoms with Gasteiger partial charge in [-0.2, -0.15) is 0 Å². The van der Waals surface area contributed by atoms with E-state index in [1.54, 1.807) is 0 Å². The Balaban J connectivity index is 2.06. The summed E-state index contributed by atoms with van der Waals surface area (Å²) in [4.78, 5) is 0. The quantitative estimate of drug-likeness (QED) is 0.516. The van der Waals surface area contributed by atoms with Crippen LogP contribution in [0.15, 0.2) is 42.5 Å². The number of hydrogen-bond acceptors (Lipinski definition) is 1. The predicted molar refractivity (Wildman–Crippen MR) is 68.2 cm³/mol. The van der Waals surface area contributed by atoms with Gasteiger partial charge in [-0.1, -0.05) is 50.1 Å². The lowest BCUT2D eigenvalue weighted by atomic mass is 10.2. The Kier molecular flexibility index (Phi) is 6.39. The minimum Gasteiger partial charge on any atom is -0.382 e. The summed E-state index contributed by atoms with van der Waals surface area (Å²) in [5.41, 5.74) is 1.19. The highest BCUT2D eigenvalue weighted by atomic mass is 14.8. The Morgan fingerprint density at radius 1 is 1.07 bits per heavy atom. The van der Waals surface area contributed by atoms with Crippen molar-refractivity contribution in [1.82, 2.24) is 0 Å². The molecule has 0 spiro atoms. The molecule has 0 aliphatic carbocycles. The number of anilines is 1. The van der Waals surface area contributed by atoms with Gasteiger partial charge in [-0.15, -0.1) is 0 Å². The van der Waals surface area contributed by atoms with Crippen molar-refractivity contribution in [3.8, 4) is 0 Å². The first-order valence-corrected chi connectivity index (χ1v) is 5.87. The zero-order valence-electron chi connectivity index (χ0n) is 9.58. The fourth-order valence-electron chi connectivity index (χ4n) is 1.45. The molecule has 0 radical (unpaired) electrons. The van der Waals surface area contributed by atoms with Crippen LogP contribution >= 0.6 is 0 Å². The summed E-state index contributed by atoms with van der Waals surface area (Å²) in [5, 5.41) is 3.35. The largest absolute Gasteiger partial charge is 0.382 e. The van der Waals surface area contributed by atoms with E-state index in [0.717, 1.165) is 6.54 Å². The zero-order chi connectivity index (χ0) is 10.8. The molecule has 0 bridgehead atoms. The van der Waals surface area contributed by atoms with Crippen molar-refractivity contribution in [1.29, 1.82) is 0 Å². The van der Waals surface area contributed by atoms with Crippen molar-refractivity contribution in [2.45, 2.75) is 32.6 Å². The molecule has 0 amide bonds. The van der Waals surface area contributed by atoms with E-state index in [9.17, 15) is 0 Å². The maximum Gasteiger partial charge on any atom is 0.0342 e. The topological polar surface area (TPSA) is 12.0 Å². The lowest BCUT2D eigenvalue weighted by Crippen LogP contribution is -1.97. The zero-order valence-corrected chi connectivity index (χ0v) is 9.58. The van der Waals surface area contributed by atoms with Gasteiger partial charge in [0.15, 0.2) is 0 Å². The Bertz CT molecular complexity index is 264. The van der Waals surface area contributed by atoms with Crippen LogP contribution in [0, 0.1) is 0 Å². The first kappa shape index (κ1) is 11.8. The molecule has 15 heavy (non-hydrogen) atoms. The first-order chi connectivity index (χ1) is 7.43. The number of benzene rings is 1. The van der Waals surface area contributed by atoms with Gasteiger partial charge in [0, 0.05) is 12.2 Å². The van der Waals surface area contributed by atoms with Gasteiger partial charge in [-0.25, -0.2) is 0 Å². The molecule has 0 unspecified atom stereocenters. The predicted octanol–water partition coefficient (Wildman–Crippen LogP) is 4.24. The molecule has 1 heteroatoms. The maximum absolute atomic E-state index is 3.35. The number of hydrogen-bond donors (Lipinski definition) is 1. The van der Waals surface area contributed by atoms with E-state index in [-0.39, 0.29) is 0 Å². The Hall–Kier alpha value is -1.24. The van der Waals surface area contributed by atoms with Crippen LogP contribution in [0.3, 0.4) is 0 Å². The summed E-state index contributed by atoms with van der Waals surface area (Å²) < 4.78 is 0. The van der Waals surface area contributed by atoms with Crippen LogP contribution in [-0.4, -0.2) is 6.54 Å². The number of rotatable bonds is 7. The number of unbranched alkanes of at least 4 members (excludes halogenated alkanes) is 3. The molecule has 0 saturated carbocycles. The van der Waals surface area contributed by atoms with E-state index in [4.69, 9.17) is 0 Å². The van der Waals surface area contributed by atoms with E-state index in [1.807, 2.05) is 18.2 Å². The third kappa shape index (κ3) is 5.95. The van der Waals surface area contributed by atoms with Gasteiger partial charge >= 0.3 is 0 Å². The molecule has 1 aromatic carbocycles. The summed E-state index contributed by atoms with van der Waals surface area (Å²) >= 11 is 0.